The number of carbonyl (C=O) groups is 2. The number of aliphatic hydroxyl groups excluding tert-OH is 2. The van der Waals surface area contributed by atoms with Gasteiger partial charge in [0.15, 0.2) is 0 Å². The minimum absolute atomic E-state index is 0.0151. The standard InChI is InChI=1S/C57H95NO5/c1-4-7-10-13-16-19-22-25-27-29-32-35-38-41-44-47-50-57(62)63-53(48-45-42-39-36-33-30-24-21-18-15-12-9-6-3)51-56(61)58-54(52-59)55(60)49-46-43-40-37-34-31-28-26-23-20-17-14-11-8-5-2/h7,9-10,12,15-16,18-19,21,24-25,27,30,32-33,35,41,44,53-55,59-60H,4-6,8,11,13-14,17,20,22-23,26,28-29,31,34,36-40,42-43,45-52H2,1-3H3,(H,58,61)/b10-7+,12-9+,18-15+,19-16+,24-21+,27-25+,33-30-,35-32+,44-41+. The molecule has 0 aromatic rings. The van der Waals surface area contributed by atoms with E-state index in [0.717, 1.165) is 83.5 Å². The van der Waals surface area contributed by atoms with Gasteiger partial charge >= 0.3 is 5.97 Å². The molecule has 3 N–H and O–H groups in total. The number of aliphatic hydroxyl groups is 2. The largest absolute Gasteiger partial charge is 0.462 e. The van der Waals surface area contributed by atoms with Crippen LogP contribution in [0.25, 0.3) is 0 Å². The molecule has 6 heteroatoms. The van der Waals surface area contributed by atoms with Gasteiger partial charge in [-0.1, -0.05) is 233 Å². The zero-order chi connectivity index (χ0) is 45.9. The highest BCUT2D eigenvalue weighted by atomic mass is 16.5. The highest BCUT2D eigenvalue weighted by Crippen LogP contribution is 2.17. The van der Waals surface area contributed by atoms with Crippen molar-refractivity contribution >= 4 is 11.9 Å². The number of rotatable bonds is 44. The molecule has 0 aliphatic rings. The molecule has 3 unspecified atom stereocenters. The van der Waals surface area contributed by atoms with E-state index < -0.39 is 18.2 Å². The van der Waals surface area contributed by atoms with Crippen molar-refractivity contribution in [2.75, 3.05) is 6.61 Å². The summed E-state index contributed by atoms with van der Waals surface area (Å²) in [6.07, 6.45) is 67.3. The van der Waals surface area contributed by atoms with Crippen molar-refractivity contribution in [3.8, 4) is 0 Å². The number of unbranched alkanes of at least 4 members (excludes halogenated alkanes) is 17. The number of allylic oxidation sites excluding steroid dienone is 18. The zero-order valence-electron chi connectivity index (χ0n) is 40.7. The number of amides is 1. The summed E-state index contributed by atoms with van der Waals surface area (Å²) in [4.78, 5) is 26.1. The fourth-order valence-corrected chi connectivity index (χ4v) is 7.14. The molecule has 0 aromatic heterocycles. The van der Waals surface area contributed by atoms with E-state index in [9.17, 15) is 19.8 Å². The van der Waals surface area contributed by atoms with Gasteiger partial charge in [0, 0.05) is 6.42 Å². The third-order valence-corrected chi connectivity index (χ3v) is 11.0. The summed E-state index contributed by atoms with van der Waals surface area (Å²) in [5.74, 6) is -0.622. The predicted molar refractivity (Wildman–Crippen MR) is 273 cm³/mol. The molecule has 1 amide bonds. The molecule has 0 aliphatic heterocycles. The maximum atomic E-state index is 13.2. The lowest BCUT2D eigenvalue weighted by Crippen LogP contribution is -2.46. The Morgan fingerprint density at radius 1 is 0.492 bits per heavy atom. The van der Waals surface area contributed by atoms with E-state index in [2.05, 4.69) is 99.0 Å². The molecule has 0 fully saturated rings. The van der Waals surface area contributed by atoms with Crippen LogP contribution in [-0.4, -0.2) is 46.9 Å². The Morgan fingerprint density at radius 3 is 1.46 bits per heavy atom. The predicted octanol–water partition coefficient (Wildman–Crippen LogP) is 15.5. The Bertz CT molecular complexity index is 1300. The number of nitrogens with one attached hydrogen (secondary N) is 1. The van der Waals surface area contributed by atoms with Crippen molar-refractivity contribution < 1.29 is 24.5 Å². The van der Waals surface area contributed by atoms with Crippen molar-refractivity contribution in [2.45, 2.75) is 232 Å². The summed E-state index contributed by atoms with van der Waals surface area (Å²) in [5.41, 5.74) is 0. The molecule has 0 radical (unpaired) electrons. The van der Waals surface area contributed by atoms with Gasteiger partial charge in [-0.15, -0.1) is 0 Å². The van der Waals surface area contributed by atoms with Crippen molar-refractivity contribution in [3.63, 3.8) is 0 Å². The van der Waals surface area contributed by atoms with Gasteiger partial charge in [0.1, 0.15) is 6.10 Å². The van der Waals surface area contributed by atoms with Crippen LogP contribution >= 0.6 is 0 Å². The van der Waals surface area contributed by atoms with E-state index in [1.54, 1.807) is 0 Å². The van der Waals surface area contributed by atoms with Gasteiger partial charge in [-0.25, -0.2) is 0 Å². The third-order valence-electron chi connectivity index (χ3n) is 11.0. The summed E-state index contributed by atoms with van der Waals surface area (Å²) < 4.78 is 5.87. The van der Waals surface area contributed by atoms with Crippen LogP contribution in [0, 0.1) is 0 Å². The first kappa shape index (κ1) is 59.5. The van der Waals surface area contributed by atoms with Crippen LogP contribution < -0.4 is 5.32 Å². The van der Waals surface area contributed by atoms with Crippen molar-refractivity contribution in [3.05, 3.63) is 109 Å². The van der Waals surface area contributed by atoms with Gasteiger partial charge in [0.2, 0.25) is 5.91 Å². The second kappa shape index (κ2) is 49.5. The highest BCUT2D eigenvalue weighted by Gasteiger charge is 2.24. The van der Waals surface area contributed by atoms with Gasteiger partial charge in [0.05, 0.1) is 25.2 Å². The lowest BCUT2D eigenvalue weighted by molar-refractivity contribution is -0.150. The van der Waals surface area contributed by atoms with Crippen LogP contribution in [0.3, 0.4) is 0 Å². The summed E-state index contributed by atoms with van der Waals surface area (Å²) in [7, 11) is 0. The first-order chi connectivity index (χ1) is 31.0. The van der Waals surface area contributed by atoms with Crippen molar-refractivity contribution in [1.82, 2.24) is 5.32 Å². The second-order valence-electron chi connectivity index (χ2n) is 16.9. The van der Waals surface area contributed by atoms with E-state index in [-0.39, 0.29) is 31.3 Å². The summed E-state index contributed by atoms with van der Waals surface area (Å²) in [5, 5.41) is 23.8. The average Bonchev–Trinajstić information content (AvgIpc) is 3.28. The molecule has 0 aromatic carbocycles. The van der Waals surface area contributed by atoms with Gasteiger partial charge in [-0.2, -0.15) is 0 Å². The van der Waals surface area contributed by atoms with Gasteiger partial charge < -0.3 is 20.3 Å². The average molecular weight is 874 g/mol. The number of hydrogen-bond acceptors (Lipinski definition) is 5. The van der Waals surface area contributed by atoms with Crippen LogP contribution in [-0.2, 0) is 14.3 Å². The Kier molecular flexibility index (Phi) is 46.8. The summed E-state index contributed by atoms with van der Waals surface area (Å²) >= 11 is 0. The van der Waals surface area contributed by atoms with Crippen LogP contribution in [0.1, 0.15) is 213 Å². The monoisotopic (exact) mass is 874 g/mol. The van der Waals surface area contributed by atoms with Crippen LogP contribution in [0.4, 0.5) is 0 Å². The van der Waals surface area contributed by atoms with E-state index in [0.29, 0.717) is 19.3 Å². The van der Waals surface area contributed by atoms with E-state index in [1.165, 1.54) is 77.0 Å². The van der Waals surface area contributed by atoms with Crippen molar-refractivity contribution in [2.24, 2.45) is 0 Å². The van der Waals surface area contributed by atoms with Crippen molar-refractivity contribution in [1.29, 1.82) is 0 Å². The topological polar surface area (TPSA) is 95.9 Å². The second-order valence-corrected chi connectivity index (χ2v) is 16.9. The number of esters is 1. The van der Waals surface area contributed by atoms with Gasteiger partial charge in [-0.05, 0) is 77.0 Å². The molecule has 358 valence electrons. The first-order valence-corrected chi connectivity index (χ1v) is 25.7. The Labute approximate surface area is 388 Å². The molecule has 63 heavy (non-hydrogen) atoms. The number of ether oxygens (including phenoxy) is 1. The molecule has 0 heterocycles. The quantitative estimate of drug-likeness (QED) is 0.0245. The Morgan fingerprint density at radius 2 is 0.937 bits per heavy atom. The molecule has 3 atom stereocenters. The molecular formula is C57H95NO5. The maximum absolute atomic E-state index is 13.2. The van der Waals surface area contributed by atoms with Crippen LogP contribution in [0.2, 0.25) is 0 Å². The van der Waals surface area contributed by atoms with E-state index >= 15 is 0 Å². The van der Waals surface area contributed by atoms with Gasteiger partial charge in [-0.3, -0.25) is 9.59 Å². The fourth-order valence-electron chi connectivity index (χ4n) is 7.14. The van der Waals surface area contributed by atoms with E-state index in [4.69, 9.17) is 4.74 Å². The highest BCUT2D eigenvalue weighted by molar-refractivity contribution is 5.77. The van der Waals surface area contributed by atoms with Crippen LogP contribution in [0.15, 0.2) is 109 Å². The lowest BCUT2D eigenvalue weighted by Gasteiger charge is -2.24. The normalized spacial score (nSPS) is 14.2. The molecule has 0 spiro atoms. The Balaban J connectivity index is 4.74. The fraction of sp³-hybridized carbons (Fsp3) is 0.649. The minimum Gasteiger partial charge on any atom is -0.462 e. The molecule has 0 rings (SSSR count). The van der Waals surface area contributed by atoms with Crippen LogP contribution in [0.5, 0.6) is 0 Å². The lowest BCUT2D eigenvalue weighted by atomic mass is 10.0. The summed E-state index contributed by atoms with van der Waals surface area (Å²) in [6.45, 7) is 6.19. The van der Waals surface area contributed by atoms with Gasteiger partial charge in [0.25, 0.3) is 0 Å². The number of carbonyl (C=O) groups excluding carboxylic acids is 2. The SMILES string of the molecule is CC/C=C/C=C/C=C/C=C\CCCCCC(CC(=O)NC(CO)C(O)CCCCCCCCCCCCCCCCC)OC(=O)CC/C=C/C/C=C/C/C=C/C/C=C/C/C=C/CC. The molecule has 0 saturated heterocycles. The first-order valence-electron chi connectivity index (χ1n) is 25.7. The molecule has 0 saturated carbocycles. The Hall–Kier alpha value is -3.48. The third kappa shape index (κ3) is 44.9. The molecular weight excluding hydrogens is 779 g/mol. The molecule has 6 nitrogen and oxygen atoms in total. The maximum Gasteiger partial charge on any atom is 0.306 e. The smallest absolute Gasteiger partial charge is 0.306 e. The summed E-state index contributed by atoms with van der Waals surface area (Å²) in [6, 6.07) is -0.736. The zero-order valence-corrected chi connectivity index (χ0v) is 40.7. The van der Waals surface area contributed by atoms with E-state index in [1.807, 2.05) is 36.5 Å². The molecule has 0 bridgehead atoms. The molecule has 0 aliphatic carbocycles. The number of hydrogen-bond donors (Lipinski definition) is 3. The minimum atomic E-state index is -0.817.